The molecule has 2 aromatic rings. The highest BCUT2D eigenvalue weighted by atomic mass is 19.1. The number of aliphatic hydroxyl groups is 1. The molecule has 6 rings (SSSR count). The van der Waals surface area contributed by atoms with Crippen LogP contribution in [0.4, 0.5) is 9.18 Å². The highest BCUT2D eigenvalue weighted by Crippen LogP contribution is 2.89. The number of carbonyl (C=O) groups is 2. The topological polar surface area (TPSA) is 97.4 Å². The minimum absolute atomic E-state index is 0.116. The third kappa shape index (κ3) is 3.21. The molecule has 1 aliphatic heterocycles. The number of halogens is 1. The number of ether oxygens (including phenoxy) is 3. The van der Waals surface area contributed by atoms with Crippen LogP contribution < -0.4 is 5.32 Å². The summed E-state index contributed by atoms with van der Waals surface area (Å²) in [5, 5.41) is 13.7. The Morgan fingerprint density at radius 1 is 1.15 bits per heavy atom. The fourth-order valence-electron chi connectivity index (χ4n) is 8.57. The monoisotopic (exact) mass is 537 g/mol. The van der Waals surface area contributed by atoms with E-state index in [-0.39, 0.29) is 17.9 Å². The van der Waals surface area contributed by atoms with Crippen LogP contribution in [-0.4, -0.2) is 41.6 Å². The van der Waals surface area contributed by atoms with Crippen molar-refractivity contribution < 1.29 is 33.3 Å². The molecule has 4 aliphatic rings. The maximum Gasteiger partial charge on any atom is 0.407 e. The summed E-state index contributed by atoms with van der Waals surface area (Å²) in [6, 6.07) is 12.6. The van der Waals surface area contributed by atoms with Crippen LogP contribution >= 0.6 is 0 Å². The minimum atomic E-state index is -1.72. The van der Waals surface area contributed by atoms with Gasteiger partial charge in [0, 0.05) is 11.3 Å². The van der Waals surface area contributed by atoms with Crippen LogP contribution in [0.1, 0.15) is 76.1 Å². The second kappa shape index (κ2) is 8.51. The molecule has 7 nitrogen and oxygen atoms in total. The van der Waals surface area contributed by atoms with E-state index < -0.39 is 52.7 Å². The molecule has 8 heteroatoms. The maximum atomic E-state index is 13.6. The van der Waals surface area contributed by atoms with Gasteiger partial charge in [0.15, 0.2) is 6.10 Å². The number of alkyl carbamates (subject to hydrolysis) is 1. The standard InChI is InChI=1S/C31H36FNO6/c1-6-37-27(36)33-24(18-11-13-19(32)14-12-18)25(34)26(35)38-23-15-22-28(3,4)29(23,5)30-16-17(2)20-9-7-8-10-21(20)31(22,30)39-30/h7-14,17,22-25,34H,6,15-16H2,1-5H3,(H,33,36)/t17-,22?,23?,24-,25+,29?,30-,31+/m0/s1. The smallest absolute Gasteiger partial charge is 0.407 e. The van der Waals surface area contributed by atoms with E-state index >= 15 is 0 Å². The van der Waals surface area contributed by atoms with Gasteiger partial charge >= 0.3 is 12.1 Å². The first-order valence-electron chi connectivity index (χ1n) is 13.8. The van der Waals surface area contributed by atoms with Gasteiger partial charge in [-0.25, -0.2) is 14.0 Å². The molecule has 3 aliphatic carbocycles. The van der Waals surface area contributed by atoms with Crippen molar-refractivity contribution in [1.82, 2.24) is 5.32 Å². The first-order chi connectivity index (χ1) is 18.4. The molecule has 2 N–H and O–H groups in total. The lowest BCUT2D eigenvalue weighted by Gasteiger charge is -2.46. The molecule has 0 aromatic heterocycles. The molecule has 0 spiro atoms. The van der Waals surface area contributed by atoms with Gasteiger partial charge in [-0.05, 0) is 59.9 Å². The fourth-order valence-corrected chi connectivity index (χ4v) is 8.57. The summed E-state index contributed by atoms with van der Waals surface area (Å²) < 4.78 is 31.5. The van der Waals surface area contributed by atoms with Gasteiger partial charge in [-0.2, -0.15) is 0 Å². The lowest BCUT2D eigenvalue weighted by Crippen LogP contribution is -2.53. The van der Waals surface area contributed by atoms with Crippen molar-refractivity contribution in [1.29, 1.82) is 0 Å². The predicted octanol–water partition coefficient (Wildman–Crippen LogP) is 5.12. The van der Waals surface area contributed by atoms with Crippen LogP contribution in [0.5, 0.6) is 0 Å². The molecule has 3 fully saturated rings. The van der Waals surface area contributed by atoms with Crippen molar-refractivity contribution in [2.45, 2.75) is 82.8 Å². The van der Waals surface area contributed by atoms with Crippen LogP contribution in [-0.2, 0) is 24.6 Å². The highest BCUT2D eigenvalue weighted by Gasteiger charge is 2.95. The number of hydrogen-bond acceptors (Lipinski definition) is 6. The largest absolute Gasteiger partial charge is 0.460 e. The summed E-state index contributed by atoms with van der Waals surface area (Å²) in [7, 11) is 0. The van der Waals surface area contributed by atoms with E-state index in [0.29, 0.717) is 17.9 Å². The number of nitrogens with one attached hydrogen (secondary N) is 1. The lowest BCUT2D eigenvalue weighted by molar-refractivity contribution is -0.173. The Hall–Kier alpha value is -2.97. The Labute approximate surface area is 228 Å². The van der Waals surface area contributed by atoms with Crippen LogP contribution in [0.25, 0.3) is 0 Å². The van der Waals surface area contributed by atoms with E-state index in [1.807, 2.05) is 0 Å². The molecule has 3 unspecified atom stereocenters. The first kappa shape index (κ1) is 26.3. The first-order valence-corrected chi connectivity index (χ1v) is 13.8. The number of carbonyl (C=O) groups excluding carboxylic acids is 2. The Kier molecular flexibility index (Phi) is 5.73. The molecule has 39 heavy (non-hydrogen) atoms. The van der Waals surface area contributed by atoms with Gasteiger partial charge in [0.25, 0.3) is 0 Å². The number of hydrogen-bond donors (Lipinski definition) is 2. The normalized spacial score (nSPS) is 36.1. The number of fused-ring (bicyclic) bond motifs is 3. The van der Waals surface area contributed by atoms with Crippen molar-refractivity contribution in [2.24, 2.45) is 16.7 Å². The molecular formula is C31H36FNO6. The van der Waals surface area contributed by atoms with E-state index in [1.165, 1.54) is 35.4 Å². The second-order valence-corrected chi connectivity index (χ2v) is 12.3. The number of rotatable bonds is 6. The number of epoxide rings is 1. The van der Waals surface area contributed by atoms with E-state index in [2.05, 4.69) is 57.3 Å². The Balaban J connectivity index is 1.29. The third-order valence-electron chi connectivity index (χ3n) is 10.6. The summed E-state index contributed by atoms with van der Waals surface area (Å²) in [4.78, 5) is 25.8. The Bertz CT molecular complexity index is 1330. The summed E-state index contributed by atoms with van der Waals surface area (Å²) in [6.45, 7) is 10.6. The molecule has 2 saturated carbocycles. The summed E-state index contributed by atoms with van der Waals surface area (Å²) in [6.07, 6.45) is -1.56. The summed E-state index contributed by atoms with van der Waals surface area (Å²) >= 11 is 0. The number of amides is 1. The van der Waals surface area contributed by atoms with E-state index in [1.54, 1.807) is 6.92 Å². The van der Waals surface area contributed by atoms with Crippen molar-refractivity contribution >= 4 is 12.1 Å². The molecule has 1 amide bonds. The summed E-state index contributed by atoms with van der Waals surface area (Å²) in [5.74, 6) is -0.896. The van der Waals surface area contributed by atoms with Gasteiger partial charge in [0.2, 0.25) is 0 Å². The van der Waals surface area contributed by atoms with Gasteiger partial charge in [-0.15, -0.1) is 0 Å². The fraction of sp³-hybridized carbons (Fsp3) is 0.548. The Morgan fingerprint density at radius 3 is 2.54 bits per heavy atom. The summed E-state index contributed by atoms with van der Waals surface area (Å²) in [5.41, 5.74) is 1.39. The zero-order valence-corrected chi connectivity index (χ0v) is 23.0. The van der Waals surface area contributed by atoms with Crippen molar-refractivity contribution in [3.05, 3.63) is 71.0 Å². The highest BCUT2D eigenvalue weighted by molar-refractivity contribution is 5.78. The van der Waals surface area contributed by atoms with Gasteiger partial charge in [0.05, 0.1) is 12.6 Å². The molecule has 1 saturated heterocycles. The van der Waals surface area contributed by atoms with Gasteiger partial charge < -0.3 is 24.6 Å². The quantitative estimate of drug-likeness (QED) is 0.392. The van der Waals surface area contributed by atoms with Gasteiger partial charge in [0.1, 0.15) is 23.1 Å². The van der Waals surface area contributed by atoms with Crippen LogP contribution in [0.15, 0.2) is 48.5 Å². The average Bonchev–Trinajstić information content (AvgIpc) is 3.53. The predicted molar refractivity (Wildman–Crippen MR) is 140 cm³/mol. The van der Waals surface area contributed by atoms with Crippen molar-refractivity contribution in [2.75, 3.05) is 6.61 Å². The molecule has 2 aromatic carbocycles. The van der Waals surface area contributed by atoms with Crippen LogP contribution in [0.2, 0.25) is 0 Å². The molecule has 1 heterocycles. The molecule has 2 bridgehead atoms. The van der Waals surface area contributed by atoms with Crippen molar-refractivity contribution in [3.8, 4) is 0 Å². The number of aliphatic hydroxyl groups excluding tert-OH is 1. The number of benzene rings is 2. The zero-order chi connectivity index (χ0) is 28.0. The molecule has 8 atom stereocenters. The van der Waals surface area contributed by atoms with E-state index in [0.717, 1.165) is 6.42 Å². The van der Waals surface area contributed by atoms with Crippen LogP contribution in [0, 0.1) is 22.6 Å². The van der Waals surface area contributed by atoms with Crippen LogP contribution in [0.3, 0.4) is 0 Å². The van der Waals surface area contributed by atoms with Gasteiger partial charge in [-0.3, -0.25) is 0 Å². The van der Waals surface area contributed by atoms with E-state index in [9.17, 15) is 19.1 Å². The zero-order valence-electron chi connectivity index (χ0n) is 23.0. The maximum absolute atomic E-state index is 13.6. The molecule has 0 radical (unpaired) electrons. The Morgan fingerprint density at radius 2 is 1.85 bits per heavy atom. The number of esters is 1. The molecular weight excluding hydrogens is 501 g/mol. The van der Waals surface area contributed by atoms with Crippen molar-refractivity contribution in [3.63, 3.8) is 0 Å². The van der Waals surface area contributed by atoms with E-state index in [4.69, 9.17) is 14.2 Å². The molecule has 208 valence electrons. The third-order valence-corrected chi connectivity index (χ3v) is 10.6. The van der Waals surface area contributed by atoms with Gasteiger partial charge in [-0.1, -0.05) is 64.1 Å². The lowest BCUT2D eigenvalue weighted by atomic mass is 9.58. The second-order valence-electron chi connectivity index (χ2n) is 12.3. The average molecular weight is 538 g/mol. The minimum Gasteiger partial charge on any atom is -0.460 e. The SMILES string of the molecule is CCOC(=O)N[C@@H](c1ccc(F)cc1)[C@@H](O)C(=O)OC1CC2C(C)(C)C1(C)[C@@]13C[C@H](C)c4ccccc4[C@@]21O3.